The van der Waals surface area contributed by atoms with Crippen LogP contribution in [0.15, 0.2) is 68.6 Å². The van der Waals surface area contributed by atoms with Gasteiger partial charge in [-0.3, -0.25) is 9.80 Å². The average molecular weight is 354 g/mol. The zero-order chi connectivity index (χ0) is 17.9. The highest BCUT2D eigenvalue weighted by molar-refractivity contribution is 5.25. The minimum atomic E-state index is 0.0832. The Hall–Kier alpha value is -2.24. The van der Waals surface area contributed by atoms with Crippen molar-refractivity contribution in [1.82, 2.24) is 9.80 Å². The van der Waals surface area contributed by atoms with Gasteiger partial charge in [-0.2, -0.15) is 0 Å². The molecule has 0 spiro atoms. The summed E-state index contributed by atoms with van der Waals surface area (Å²) < 4.78 is 17.2. The van der Waals surface area contributed by atoms with E-state index in [-0.39, 0.29) is 18.2 Å². The molecule has 0 saturated carbocycles. The van der Waals surface area contributed by atoms with Crippen molar-refractivity contribution in [2.24, 2.45) is 0 Å². The normalized spacial score (nSPS) is 24.5. The summed E-state index contributed by atoms with van der Waals surface area (Å²) in [7, 11) is 0. The van der Waals surface area contributed by atoms with Gasteiger partial charge in [0.25, 0.3) is 0 Å². The SMILES string of the molecule is CCCN1C(c2ccoc2)C(c2ccco2)N(CCC)C1c1ccco1. The first-order valence-corrected chi connectivity index (χ1v) is 9.45. The summed E-state index contributed by atoms with van der Waals surface area (Å²) >= 11 is 0. The Morgan fingerprint density at radius 3 is 2.00 bits per heavy atom. The Labute approximate surface area is 154 Å². The topological polar surface area (TPSA) is 45.9 Å². The van der Waals surface area contributed by atoms with E-state index in [1.54, 1.807) is 18.8 Å². The molecule has 4 heterocycles. The summed E-state index contributed by atoms with van der Waals surface area (Å²) in [5.41, 5.74) is 1.18. The quantitative estimate of drug-likeness (QED) is 0.570. The molecule has 0 N–H and O–H groups in total. The highest BCUT2D eigenvalue weighted by atomic mass is 16.3. The van der Waals surface area contributed by atoms with Crippen LogP contribution in [0, 0.1) is 0 Å². The number of rotatable bonds is 7. The van der Waals surface area contributed by atoms with E-state index in [1.807, 2.05) is 18.4 Å². The maximum Gasteiger partial charge on any atom is 0.135 e. The monoisotopic (exact) mass is 354 g/mol. The first kappa shape index (κ1) is 17.2. The third kappa shape index (κ3) is 2.91. The van der Waals surface area contributed by atoms with Gasteiger partial charge in [0.15, 0.2) is 0 Å². The van der Waals surface area contributed by atoms with Crippen LogP contribution in [0.5, 0.6) is 0 Å². The molecule has 1 aliphatic rings. The molecule has 4 rings (SSSR count). The average Bonchev–Trinajstić information content (AvgIpc) is 3.42. The molecule has 26 heavy (non-hydrogen) atoms. The van der Waals surface area contributed by atoms with E-state index in [2.05, 4.69) is 41.8 Å². The fraction of sp³-hybridized carbons (Fsp3) is 0.429. The van der Waals surface area contributed by atoms with Crippen molar-refractivity contribution in [2.45, 2.75) is 44.9 Å². The summed E-state index contributed by atoms with van der Waals surface area (Å²) in [5, 5.41) is 0. The fourth-order valence-electron chi connectivity index (χ4n) is 4.26. The van der Waals surface area contributed by atoms with Crippen molar-refractivity contribution in [1.29, 1.82) is 0 Å². The predicted octanol–water partition coefficient (Wildman–Crippen LogP) is 5.38. The molecule has 138 valence electrons. The predicted molar refractivity (Wildman–Crippen MR) is 98.3 cm³/mol. The lowest BCUT2D eigenvalue weighted by Crippen LogP contribution is -2.32. The molecule has 0 aromatic carbocycles. The Morgan fingerprint density at radius 2 is 1.46 bits per heavy atom. The van der Waals surface area contributed by atoms with E-state index in [9.17, 15) is 0 Å². The second-order valence-corrected chi connectivity index (χ2v) is 6.83. The van der Waals surface area contributed by atoms with Crippen LogP contribution in [0.25, 0.3) is 0 Å². The van der Waals surface area contributed by atoms with Crippen molar-refractivity contribution in [2.75, 3.05) is 13.1 Å². The molecule has 0 radical (unpaired) electrons. The molecule has 3 aromatic heterocycles. The van der Waals surface area contributed by atoms with E-state index in [0.717, 1.165) is 37.5 Å². The highest BCUT2D eigenvalue weighted by Crippen LogP contribution is 2.52. The van der Waals surface area contributed by atoms with E-state index in [4.69, 9.17) is 13.3 Å². The standard InChI is InChI=1S/C21H26N2O3/c1-3-10-22-19(16-9-14-24-15-16)20(17-7-5-12-25-17)23(11-4-2)21(22)18-8-6-13-26-18/h5-9,12-15,19-21H,3-4,10-11H2,1-2H3. The summed E-state index contributed by atoms with van der Waals surface area (Å²) in [4.78, 5) is 5.03. The van der Waals surface area contributed by atoms with Crippen LogP contribution in [0.3, 0.4) is 0 Å². The third-order valence-electron chi connectivity index (χ3n) is 5.12. The van der Waals surface area contributed by atoms with Gasteiger partial charge in [-0.1, -0.05) is 13.8 Å². The van der Waals surface area contributed by atoms with Gasteiger partial charge in [-0.15, -0.1) is 0 Å². The first-order chi connectivity index (χ1) is 12.8. The minimum absolute atomic E-state index is 0.0832. The second kappa shape index (κ2) is 7.56. The number of nitrogens with zero attached hydrogens (tertiary/aromatic N) is 2. The van der Waals surface area contributed by atoms with Crippen molar-refractivity contribution < 1.29 is 13.3 Å². The largest absolute Gasteiger partial charge is 0.472 e. The molecule has 3 unspecified atom stereocenters. The number of furan rings is 3. The van der Waals surface area contributed by atoms with Gasteiger partial charge in [0.05, 0.1) is 37.1 Å². The van der Waals surface area contributed by atoms with Crippen LogP contribution in [0.4, 0.5) is 0 Å². The van der Waals surface area contributed by atoms with E-state index in [0.29, 0.717) is 0 Å². The Kier molecular flexibility index (Phi) is 5.00. The van der Waals surface area contributed by atoms with Crippen molar-refractivity contribution in [3.63, 3.8) is 0 Å². The van der Waals surface area contributed by atoms with E-state index < -0.39 is 0 Å². The molecular weight excluding hydrogens is 328 g/mol. The molecule has 5 nitrogen and oxygen atoms in total. The van der Waals surface area contributed by atoms with Gasteiger partial charge in [0.1, 0.15) is 17.7 Å². The maximum absolute atomic E-state index is 5.88. The summed E-state index contributed by atoms with van der Waals surface area (Å²) in [6.07, 6.45) is 9.34. The van der Waals surface area contributed by atoms with E-state index >= 15 is 0 Å². The smallest absolute Gasteiger partial charge is 0.135 e. The van der Waals surface area contributed by atoms with Gasteiger partial charge >= 0.3 is 0 Å². The molecule has 0 aliphatic carbocycles. The van der Waals surface area contributed by atoms with E-state index in [1.165, 1.54) is 5.56 Å². The van der Waals surface area contributed by atoms with Gasteiger partial charge in [-0.25, -0.2) is 0 Å². The van der Waals surface area contributed by atoms with Gasteiger partial charge in [-0.05, 0) is 43.2 Å². The molecule has 0 amide bonds. The molecule has 3 aromatic rings. The minimum Gasteiger partial charge on any atom is -0.472 e. The van der Waals surface area contributed by atoms with Gasteiger partial charge in [0.2, 0.25) is 0 Å². The fourth-order valence-corrected chi connectivity index (χ4v) is 4.26. The molecule has 1 aliphatic heterocycles. The van der Waals surface area contributed by atoms with Crippen LogP contribution in [-0.4, -0.2) is 22.9 Å². The molecule has 0 bridgehead atoms. The Morgan fingerprint density at radius 1 is 0.808 bits per heavy atom. The Balaban J connectivity index is 1.85. The number of hydrogen-bond donors (Lipinski definition) is 0. The summed E-state index contributed by atoms with van der Waals surface area (Å²) in [6, 6.07) is 10.4. The summed E-state index contributed by atoms with van der Waals surface area (Å²) in [6.45, 7) is 6.37. The number of hydrogen-bond acceptors (Lipinski definition) is 5. The third-order valence-corrected chi connectivity index (χ3v) is 5.12. The van der Waals surface area contributed by atoms with Crippen LogP contribution in [0.1, 0.15) is 62.0 Å². The zero-order valence-electron chi connectivity index (χ0n) is 15.4. The van der Waals surface area contributed by atoms with Gasteiger partial charge in [0, 0.05) is 18.7 Å². The van der Waals surface area contributed by atoms with Crippen LogP contribution in [0.2, 0.25) is 0 Å². The molecule has 5 heteroatoms. The molecule has 3 atom stereocenters. The van der Waals surface area contributed by atoms with Crippen molar-refractivity contribution in [3.05, 3.63) is 72.5 Å². The second-order valence-electron chi connectivity index (χ2n) is 6.83. The molecule has 1 saturated heterocycles. The Bertz CT molecular complexity index is 714. The van der Waals surface area contributed by atoms with Crippen molar-refractivity contribution >= 4 is 0 Å². The lowest BCUT2D eigenvalue weighted by molar-refractivity contribution is 0.0903. The highest BCUT2D eigenvalue weighted by Gasteiger charge is 2.50. The van der Waals surface area contributed by atoms with Crippen LogP contribution in [-0.2, 0) is 0 Å². The molecule has 1 fully saturated rings. The lowest BCUT2D eigenvalue weighted by atomic mass is 9.99. The summed E-state index contributed by atoms with van der Waals surface area (Å²) in [5.74, 6) is 1.97. The van der Waals surface area contributed by atoms with Crippen LogP contribution >= 0.6 is 0 Å². The zero-order valence-corrected chi connectivity index (χ0v) is 15.4. The maximum atomic E-state index is 5.88. The molecular formula is C21H26N2O3. The lowest BCUT2D eigenvalue weighted by Gasteiger charge is -2.30. The first-order valence-electron chi connectivity index (χ1n) is 9.45. The van der Waals surface area contributed by atoms with Crippen molar-refractivity contribution in [3.8, 4) is 0 Å². The van der Waals surface area contributed by atoms with Gasteiger partial charge < -0.3 is 13.3 Å². The van der Waals surface area contributed by atoms with Crippen LogP contribution < -0.4 is 0 Å².